The highest BCUT2D eigenvalue weighted by atomic mass is 16.4. The lowest BCUT2D eigenvalue weighted by atomic mass is 9.92. The summed E-state index contributed by atoms with van der Waals surface area (Å²) in [6.45, 7) is 5.14. The monoisotopic (exact) mass is 142 g/mol. The fraction of sp³-hybridized carbons (Fsp3) is 0.857. The van der Waals surface area contributed by atoms with E-state index in [1.54, 1.807) is 0 Å². The van der Waals surface area contributed by atoms with E-state index >= 15 is 0 Å². The third-order valence-corrected chi connectivity index (χ3v) is 1.80. The molecule has 1 aliphatic heterocycles. The van der Waals surface area contributed by atoms with Crippen molar-refractivity contribution in [1.29, 1.82) is 0 Å². The predicted octanol–water partition coefficient (Wildman–Crippen LogP) is 0.979. The fourth-order valence-corrected chi connectivity index (χ4v) is 1.29. The third kappa shape index (κ3) is 1.70. The lowest BCUT2D eigenvalue weighted by Crippen LogP contribution is -2.46. The molecule has 0 aromatic heterocycles. The van der Waals surface area contributed by atoms with Crippen LogP contribution in [0.15, 0.2) is 5.16 Å². The average molecular weight is 142 g/mol. The number of hydrogen-bond acceptors (Lipinski definition) is 3. The summed E-state index contributed by atoms with van der Waals surface area (Å²) in [6, 6.07) is 0. The zero-order valence-electron chi connectivity index (χ0n) is 6.52. The SMILES string of the molecule is CC1(C)C/C(=N\O)CCN1. The zero-order valence-corrected chi connectivity index (χ0v) is 6.52. The highest BCUT2D eigenvalue weighted by molar-refractivity contribution is 5.85. The van der Waals surface area contributed by atoms with Gasteiger partial charge in [0.05, 0.1) is 5.71 Å². The van der Waals surface area contributed by atoms with Crippen LogP contribution >= 0.6 is 0 Å². The first-order valence-corrected chi connectivity index (χ1v) is 3.59. The van der Waals surface area contributed by atoms with Gasteiger partial charge in [0.2, 0.25) is 0 Å². The number of nitrogens with one attached hydrogen (secondary N) is 1. The summed E-state index contributed by atoms with van der Waals surface area (Å²) in [7, 11) is 0. The van der Waals surface area contributed by atoms with E-state index in [-0.39, 0.29) is 5.54 Å². The smallest absolute Gasteiger partial charge is 0.0601 e. The van der Waals surface area contributed by atoms with Gasteiger partial charge in [-0.05, 0) is 13.8 Å². The minimum atomic E-state index is 0.111. The molecule has 0 saturated carbocycles. The molecule has 1 rings (SSSR count). The van der Waals surface area contributed by atoms with Crippen molar-refractivity contribution in [2.75, 3.05) is 6.54 Å². The van der Waals surface area contributed by atoms with Crippen LogP contribution in [0.5, 0.6) is 0 Å². The standard InChI is InChI=1S/C7H14N2O/c1-7(2)5-6(9-10)3-4-8-7/h8,10H,3-5H2,1-2H3/b9-6-. The number of rotatable bonds is 0. The quantitative estimate of drug-likeness (QED) is 0.391. The average Bonchev–Trinajstić information content (AvgIpc) is 1.86. The topological polar surface area (TPSA) is 44.6 Å². The van der Waals surface area contributed by atoms with Gasteiger partial charge in [-0.25, -0.2) is 0 Å². The van der Waals surface area contributed by atoms with E-state index in [0.717, 1.165) is 25.1 Å². The summed E-state index contributed by atoms with van der Waals surface area (Å²) in [4.78, 5) is 0. The molecule has 0 amide bonds. The maximum absolute atomic E-state index is 8.48. The summed E-state index contributed by atoms with van der Waals surface area (Å²) < 4.78 is 0. The Labute approximate surface area is 61.1 Å². The van der Waals surface area contributed by atoms with Crippen molar-refractivity contribution >= 4 is 5.71 Å². The van der Waals surface area contributed by atoms with Gasteiger partial charge in [-0.3, -0.25) is 0 Å². The molecule has 1 fully saturated rings. The van der Waals surface area contributed by atoms with Crippen LogP contribution in [0.3, 0.4) is 0 Å². The Morgan fingerprint density at radius 3 is 2.70 bits per heavy atom. The molecule has 1 heterocycles. The van der Waals surface area contributed by atoms with Crippen LogP contribution in [0.25, 0.3) is 0 Å². The van der Waals surface area contributed by atoms with Gasteiger partial charge >= 0.3 is 0 Å². The lowest BCUT2D eigenvalue weighted by Gasteiger charge is -2.31. The normalized spacial score (nSPS) is 28.8. The molecule has 0 spiro atoms. The van der Waals surface area contributed by atoms with Gasteiger partial charge in [0.25, 0.3) is 0 Å². The Hall–Kier alpha value is -0.570. The van der Waals surface area contributed by atoms with Gasteiger partial charge in [0.1, 0.15) is 0 Å². The maximum Gasteiger partial charge on any atom is 0.0601 e. The minimum Gasteiger partial charge on any atom is -0.411 e. The Balaban J connectivity index is 2.56. The third-order valence-electron chi connectivity index (χ3n) is 1.80. The fourth-order valence-electron chi connectivity index (χ4n) is 1.29. The molecule has 0 aromatic carbocycles. The highest BCUT2D eigenvalue weighted by Crippen LogP contribution is 2.15. The van der Waals surface area contributed by atoms with Crippen LogP contribution < -0.4 is 5.32 Å². The molecule has 3 nitrogen and oxygen atoms in total. The van der Waals surface area contributed by atoms with Crippen molar-refractivity contribution in [2.24, 2.45) is 5.16 Å². The van der Waals surface area contributed by atoms with Crippen molar-refractivity contribution < 1.29 is 5.21 Å². The Morgan fingerprint density at radius 2 is 2.30 bits per heavy atom. The molecule has 0 bridgehead atoms. The summed E-state index contributed by atoms with van der Waals surface area (Å²) in [5.74, 6) is 0. The van der Waals surface area contributed by atoms with E-state index in [1.165, 1.54) is 0 Å². The van der Waals surface area contributed by atoms with Crippen molar-refractivity contribution in [3.63, 3.8) is 0 Å². The molecule has 10 heavy (non-hydrogen) atoms. The van der Waals surface area contributed by atoms with E-state index in [2.05, 4.69) is 24.3 Å². The highest BCUT2D eigenvalue weighted by Gasteiger charge is 2.24. The van der Waals surface area contributed by atoms with Gasteiger partial charge in [0, 0.05) is 24.9 Å². The Morgan fingerprint density at radius 1 is 1.60 bits per heavy atom. The van der Waals surface area contributed by atoms with Gasteiger partial charge in [-0.2, -0.15) is 0 Å². The first kappa shape index (κ1) is 7.54. The summed E-state index contributed by atoms with van der Waals surface area (Å²) >= 11 is 0. The zero-order chi connectivity index (χ0) is 7.61. The number of oxime groups is 1. The van der Waals surface area contributed by atoms with Crippen molar-refractivity contribution in [1.82, 2.24) is 5.32 Å². The van der Waals surface area contributed by atoms with Crippen molar-refractivity contribution in [2.45, 2.75) is 32.2 Å². The van der Waals surface area contributed by atoms with E-state index < -0.39 is 0 Å². The molecule has 2 N–H and O–H groups in total. The maximum atomic E-state index is 8.48. The molecular weight excluding hydrogens is 128 g/mol. The summed E-state index contributed by atoms with van der Waals surface area (Å²) in [6.07, 6.45) is 1.73. The second-order valence-corrected chi connectivity index (χ2v) is 3.40. The van der Waals surface area contributed by atoms with Crippen LogP contribution in [0.4, 0.5) is 0 Å². The molecule has 1 saturated heterocycles. The summed E-state index contributed by atoms with van der Waals surface area (Å²) in [5, 5.41) is 15.0. The molecule has 0 aromatic rings. The molecule has 58 valence electrons. The molecule has 0 radical (unpaired) electrons. The van der Waals surface area contributed by atoms with Gasteiger partial charge in [-0.1, -0.05) is 5.16 Å². The second-order valence-electron chi connectivity index (χ2n) is 3.40. The largest absolute Gasteiger partial charge is 0.411 e. The van der Waals surface area contributed by atoms with Crippen LogP contribution in [0.1, 0.15) is 26.7 Å². The minimum absolute atomic E-state index is 0.111. The van der Waals surface area contributed by atoms with Gasteiger partial charge in [0.15, 0.2) is 0 Å². The number of piperidine rings is 1. The molecule has 0 unspecified atom stereocenters. The first-order valence-electron chi connectivity index (χ1n) is 3.59. The van der Waals surface area contributed by atoms with Crippen LogP contribution in [0, 0.1) is 0 Å². The van der Waals surface area contributed by atoms with E-state index in [0.29, 0.717) is 0 Å². The summed E-state index contributed by atoms with van der Waals surface area (Å²) in [5.41, 5.74) is 1.02. The van der Waals surface area contributed by atoms with E-state index in [4.69, 9.17) is 5.21 Å². The number of nitrogens with zero attached hydrogens (tertiary/aromatic N) is 1. The molecular formula is C7H14N2O. The van der Waals surface area contributed by atoms with Gasteiger partial charge in [-0.15, -0.1) is 0 Å². The second kappa shape index (κ2) is 2.58. The molecule has 3 heteroatoms. The van der Waals surface area contributed by atoms with Crippen LogP contribution in [0.2, 0.25) is 0 Å². The first-order chi connectivity index (χ1) is 4.64. The molecule has 0 atom stereocenters. The van der Waals surface area contributed by atoms with E-state index in [1.807, 2.05) is 0 Å². The van der Waals surface area contributed by atoms with Crippen molar-refractivity contribution in [3.05, 3.63) is 0 Å². The lowest BCUT2D eigenvalue weighted by molar-refractivity contribution is 0.304. The van der Waals surface area contributed by atoms with Crippen molar-refractivity contribution in [3.8, 4) is 0 Å². The Kier molecular flexibility index (Phi) is 1.94. The number of hydrogen-bond donors (Lipinski definition) is 2. The van der Waals surface area contributed by atoms with E-state index in [9.17, 15) is 0 Å². The predicted molar refractivity (Wildman–Crippen MR) is 40.5 cm³/mol. The van der Waals surface area contributed by atoms with Gasteiger partial charge < -0.3 is 10.5 Å². The van der Waals surface area contributed by atoms with Crippen LogP contribution in [-0.2, 0) is 0 Å². The Bertz CT molecular complexity index is 152. The molecule has 1 aliphatic rings. The molecule has 0 aliphatic carbocycles. The van der Waals surface area contributed by atoms with Crippen LogP contribution in [-0.4, -0.2) is 23.0 Å².